The van der Waals surface area contributed by atoms with E-state index in [-0.39, 0.29) is 29.2 Å². The first-order valence-electron chi connectivity index (χ1n) is 11.2. The standard InChI is InChI=1S/C24H33N3O5S/c1-4-18(5-2)23(28)26-20-10-8-19(9-11-20)24(29)27-21-12-14-22(15-13-21)33(30,31)25-16-7-17-32-6-3/h8-15,18,25H,4-7,16-17H2,1-3H3,(H,26,28)(H,27,29). The number of nitrogens with one attached hydrogen (secondary N) is 3. The number of hydrogen-bond acceptors (Lipinski definition) is 5. The second-order valence-electron chi connectivity index (χ2n) is 7.51. The van der Waals surface area contributed by atoms with Gasteiger partial charge in [-0.1, -0.05) is 13.8 Å². The quantitative estimate of drug-likeness (QED) is 0.379. The molecule has 0 fully saturated rings. The lowest BCUT2D eigenvalue weighted by Crippen LogP contribution is -2.25. The first-order chi connectivity index (χ1) is 15.8. The Hall–Kier alpha value is -2.75. The molecule has 2 aromatic carbocycles. The zero-order valence-corrected chi connectivity index (χ0v) is 20.2. The Morgan fingerprint density at radius 3 is 2.03 bits per heavy atom. The molecule has 0 aliphatic heterocycles. The highest BCUT2D eigenvalue weighted by molar-refractivity contribution is 7.89. The van der Waals surface area contributed by atoms with Crippen molar-refractivity contribution in [2.45, 2.75) is 44.9 Å². The van der Waals surface area contributed by atoms with Gasteiger partial charge in [-0.2, -0.15) is 0 Å². The molecule has 180 valence electrons. The maximum Gasteiger partial charge on any atom is 0.255 e. The first-order valence-corrected chi connectivity index (χ1v) is 12.7. The van der Waals surface area contributed by atoms with E-state index >= 15 is 0 Å². The van der Waals surface area contributed by atoms with Crippen molar-refractivity contribution in [3.63, 3.8) is 0 Å². The normalized spacial score (nSPS) is 11.4. The molecule has 0 bridgehead atoms. The third-order valence-corrected chi connectivity index (χ3v) is 6.63. The summed E-state index contributed by atoms with van der Waals surface area (Å²) in [7, 11) is -3.62. The van der Waals surface area contributed by atoms with E-state index in [4.69, 9.17) is 4.74 Å². The minimum absolute atomic E-state index is 0.0315. The van der Waals surface area contributed by atoms with Crippen LogP contribution in [-0.4, -0.2) is 40.0 Å². The number of anilines is 2. The highest BCUT2D eigenvalue weighted by Crippen LogP contribution is 2.17. The van der Waals surface area contributed by atoms with Gasteiger partial charge in [0.2, 0.25) is 15.9 Å². The number of sulfonamides is 1. The van der Waals surface area contributed by atoms with E-state index in [1.165, 1.54) is 24.3 Å². The Labute approximate surface area is 196 Å². The van der Waals surface area contributed by atoms with Crippen molar-refractivity contribution in [3.05, 3.63) is 54.1 Å². The van der Waals surface area contributed by atoms with Crippen LogP contribution in [0.1, 0.15) is 50.4 Å². The monoisotopic (exact) mass is 475 g/mol. The van der Waals surface area contributed by atoms with Gasteiger partial charge in [-0.3, -0.25) is 9.59 Å². The first kappa shape index (κ1) is 26.5. The van der Waals surface area contributed by atoms with Crippen molar-refractivity contribution in [3.8, 4) is 0 Å². The smallest absolute Gasteiger partial charge is 0.255 e. The van der Waals surface area contributed by atoms with E-state index < -0.39 is 10.0 Å². The van der Waals surface area contributed by atoms with Gasteiger partial charge in [-0.25, -0.2) is 13.1 Å². The summed E-state index contributed by atoms with van der Waals surface area (Å²) in [4.78, 5) is 24.8. The molecular formula is C24H33N3O5S. The third kappa shape index (κ3) is 8.27. The predicted octanol–water partition coefficient (Wildman–Crippen LogP) is 4.02. The maximum atomic E-state index is 12.5. The molecule has 9 heteroatoms. The van der Waals surface area contributed by atoms with Crippen LogP contribution in [0.3, 0.4) is 0 Å². The van der Waals surface area contributed by atoms with Crippen molar-refractivity contribution >= 4 is 33.2 Å². The topological polar surface area (TPSA) is 114 Å². The van der Waals surface area contributed by atoms with Gasteiger partial charge in [0.05, 0.1) is 4.90 Å². The van der Waals surface area contributed by atoms with Crippen molar-refractivity contribution < 1.29 is 22.7 Å². The van der Waals surface area contributed by atoms with Crippen molar-refractivity contribution in [2.24, 2.45) is 5.92 Å². The van der Waals surface area contributed by atoms with E-state index in [1.54, 1.807) is 24.3 Å². The van der Waals surface area contributed by atoms with Crippen molar-refractivity contribution in [1.29, 1.82) is 0 Å². The molecule has 0 unspecified atom stereocenters. The SMILES string of the molecule is CCOCCCNS(=O)(=O)c1ccc(NC(=O)c2ccc(NC(=O)C(CC)CC)cc2)cc1. The number of benzene rings is 2. The Morgan fingerprint density at radius 2 is 1.45 bits per heavy atom. The summed E-state index contributed by atoms with van der Waals surface area (Å²) in [6, 6.07) is 12.6. The van der Waals surface area contributed by atoms with Gasteiger partial charge in [-0.05, 0) is 74.7 Å². The van der Waals surface area contributed by atoms with E-state index in [9.17, 15) is 18.0 Å². The second-order valence-corrected chi connectivity index (χ2v) is 9.27. The molecule has 8 nitrogen and oxygen atoms in total. The number of rotatable bonds is 13. The van der Waals surface area contributed by atoms with Crippen LogP contribution in [0.4, 0.5) is 11.4 Å². The van der Waals surface area contributed by atoms with Gasteiger partial charge in [-0.15, -0.1) is 0 Å². The fourth-order valence-corrected chi connectivity index (χ4v) is 4.21. The summed E-state index contributed by atoms with van der Waals surface area (Å²) in [5.74, 6) is -0.404. The zero-order chi connectivity index (χ0) is 24.3. The molecule has 0 aliphatic rings. The number of carbonyl (C=O) groups excluding carboxylic acids is 2. The van der Waals surface area contributed by atoms with Crippen molar-refractivity contribution in [2.75, 3.05) is 30.4 Å². The minimum Gasteiger partial charge on any atom is -0.382 e. The lowest BCUT2D eigenvalue weighted by atomic mass is 10.0. The van der Waals surface area contributed by atoms with Gasteiger partial charge in [0, 0.05) is 42.6 Å². The Balaban J connectivity index is 1.93. The van der Waals surface area contributed by atoms with Crippen LogP contribution in [0.25, 0.3) is 0 Å². The van der Waals surface area contributed by atoms with Gasteiger partial charge in [0.1, 0.15) is 0 Å². The molecule has 0 heterocycles. The molecule has 2 aromatic rings. The van der Waals surface area contributed by atoms with Gasteiger partial charge in [0.25, 0.3) is 5.91 Å². The molecule has 0 aliphatic carbocycles. The second kappa shape index (κ2) is 13.1. The Morgan fingerprint density at radius 1 is 0.879 bits per heavy atom. The molecular weight excluding hydrogens is 442 g/mol. The highest BCUT2D eigenvalue weighted by Gasteiger charge is 2.15. The molecule has 2 rings (SSSR count). The van der Waals surface area contributed by atoms with E-state index in [2.05, 4.69) is 15.4 Å². The van der Waals surface area contributed by atoms with E-state index in [0.717, 1.165) is 12.8 Å². The molecule has 0 saturated carbocycles. The maximum absolute atomic E-state index is 12.5. The number of amides is 2. The number of ether oxygens (including phenoxy) is 1. The summed E-state index contributed by atoms with van der Waals surface area (Å²) in [5, 5.41) is 5.61. The van der Waals surface area contributed by atoms with Crippen LogP contribution in [-0.2, 0) is 19.6 Å². The number of hydrogen-bond donors (Lipinski definition) is 3. The predicted molar refractivity (Wildman–Crippen MR) is 130 cm³/mol. The molecule has 0 radical (unpaired) electrons. The molecule has 0 saturated heterocycles. The van der Waals surface area contributed by atoms with Gasteiger partial charge in [0.15, 0.2) is 0 Å². The summed E-state index contributed by atoms with van der Waals surface area (Å²) in [5.41, 5.74) is 1.52. The molecule has 0 atom stereocenters. The van der Waals surface area contributed by atoms with Crippen LogP contribution in [0.15, 0.2) is 53.4 Å². The average molecular weight is 476 g/mol. The van der Waals surface area contributed by atoms with E-state index in [0.29, 0.717) is 36.6 Å². The van der Waals surface area contributed by atoms with Gasteiger partial charge < -0.3 is 15.4 Å². The summed E-state index contributed by atoms with van der Waals surface area (Å²) < 4.78 is 32.4. The van der Waals surface area contributed by atoms with Crippen LogP contribution >= 0.6 is 0 Å². The van der Waals surface area contributed by atoms with Crippen LogP contribution in [0, 0.1) is 5.92 Å². The third-order valence-electron chi connectivity index (χ3n) is 5.16. The average Bonchev–Trinajstić information content (AvgIpc) is 2.80. The molecule has 0 aromatic heterocycles. The molecule has 33 heavy (non-hydrogen) atoms. The zero-order valence-electron chi connectivity index (χ0n) is 19.4. The molecule has 0 spiro atoms. The lowest BCUT2D eigenvalue weighted by molar-refractivity contribution is -0.120. The Bertz CT molecular complexity index is 1000. The highest BCUT2D eigenvalue weighted by atomic mass is 32.2. The van der Waals surface area contributed by atoms with Crippen molar-refractivity contribution in [1.82, 2.24) is 4.72 Å². The summed E-state index contributed by atoms with van der Waals surface area (Å²) in [6.07, 6.45) is 2.13. The Kier molecular flexibility index (Phi) is 10.5. The molecule has 3 N–H and O–H groups in total. The largest absolute Gasteiger partial charge is 0.382 e. The summed E-state index contributed by atoms with van der Waals surface area (Å²) in [6.45, 7) is 7.21. The minimum atomic E-state index is -3.62. The lowest BCUT2D eigenvalue weighted by Gasteiger charge is -2.13. The van der Waals surface area contributed by atoms with Crippen LogP contribution in [0.5, 0.6) is 0 Å². The number of carbonyl (C=O) groups is 2. The summed E-state index contributed by atoms with van der Waals surface area (Å²) >= 11 is 0. The van der Waals surface area contributed by atoms with Crippen LogP contribution < -0.4 is 15.4 Å². The van der Waals surface area contributed by atoms with Gasteiger partial charge >= 0.3 is 0 Å². The fourth-order valence-electron chi connectivity index (χ4n) is 3.14. The fraction of sp³-hybridized carbons (Fsp3) is 0.417. The van der Waals surface area contributed by atoms with Crippen LogP contribution in [0.2, 0.25) is 0 Å². The van der Waals surface area contributed by atoms with E-state index in [1.807, 2.05) is 20.8 Å². The molecule has 2 amide bonds.